The summed E-state index contributed by atoms with van der Waals surface area (Å²) < 4.78 is 21.6. The number of benzene rings is 2. The predicted octanol–water partition coefficient (Wildman–Crippen LogP) is 3.56. The minimum absolute atomic E-state index is 0.0406. The summed E-state index contributed by atoms with van der Waals surface area (Å²) in [4.78, 5) is 27.5. The van der Waals surface area contributed by atoms with Crippen molar-refractivity contribution in [3.8, 4) is 17.2 Å². The Kier molecular flexibility index (Phi) is 7.95. The van der Waals surface area contributed by atoms with Gasteiger partial charge in [0.1, 0.15) is 28.6 Å². The Hall–Kier alpha value is -3.52. The standard InChI is InChI=1S/C25H29NO7/c1-5-14-33-17-11-9-16(10-12-17)22-21(24(28)25(29)26(22)13-15-30-2)23(27)20-18(31-3)7-6-8-19(20)32-4/h6-12,22,27H,5,13-15H2,1-4H3/b23-21+. The molecule has 2 aromatic carbocycles. The van der Waals surface area contributed by atoms with Crippen molar-refractivity contribution in [1.29, 1.82) is 0 Å². The number of nitrogens with zero attached hydrogens (tertiary/aromatic N) is 1. The average Bonchev–Trinajstić information content (AvgIpc) is 3.10. The van der Waals surface area contributed by atoms with E-state index >= 15 is 0 Å². The summed E-state index contributed by atoms with van der Waals surface area (Å²) in [7, 11) is 4.43. The Morgan fingerprint density at radius 2 is 1.61 bits per heavy atom. The summed E-state index contributed by atoms with van der Waals surface area (Å²) >= 11 is 0. The van der Waals surface area contributed by atoms with E-state index in [1.807, 2.05) is 6.92 Å². The van der Waals surface area contributed by atoms with Crippen LogP contribution in [0.3, 0.4) is 0 Å². The van der Waals surface area contributed by atoms with Crippen molar-refractivity contribution in [1.82, 2.24) is 4.90 Å². The number of carbonyl (C=O) groups excluding carboxylic acids is 2. The molecule has 1 saturated heterocycles. The van der Waals surface area contributed by atoms with Crippen LogP contribution >= 0.6 is 0 Å². The van der Waals surface area contributed by atoms with Crippen LogP contribution in [-0.2, 0) is 14.3 Å². The molecule has 8 nitrogen and oxygen atoms in total. The second-order valence-corrected chi connectivity index (χ2v) is 7.44. The van der Waals surface area contributed by atoms with Crippen LogP contribution in [0.25, 0.3) is 5.76 Å². The van der Waals surface area contributed by atoms with E-state index in [1.165, 1.54) is 26.2 Å². The normalized spacial score (nSPS) is 17.3. The number of carbonyl (C=O) groups is 2. The van der Waals surface area contributed by atoms with Gasteiger partial charge in [0.05, 0.1) is 39.0 Å². The predicted molar refractivity (Wildman–Crippen MR) is 123 cm³/mol. The number of hydrogen-bond donors (Lipinski definition) is 1. The van der Waals surface area contributed by atoms with E-state index < -0.39 is 17.7 Å². The third kappa shape index (κ3) is 4.80. The maximum atomic E-state index is 13.1. The maximum absolute atomic E-state index is 13.1. The van der Waals surface area contributed by atoms with Gasteiger partial charge >= 0.3 is 0 Å². The summed E-state index contributed by atoms with van der Waals surface area (Å²) in [5, 5.41) is 11.3. The lowest BCUT2D eigenvalue weighted by Crippen LogP contribution is -2.32. The molecule has 1 atom stereocenters. The van der Waals surface area contributed by atoms with Crippen LogP contribution in [0.5, 0.6) is 17.2 Å². The zero-order valence-electron chi connectivity index (χ0n) is 19.3. The molecule has 1 heterocycles. The maximum Gasteiger partial charge on any atom is 0.295 e. The fourth-order valence-electron chi connectivity index (χ4n) is 3.83. The SMILES string of the molecule is CCCOc1ccc(C2/C(=C(\O)c3c(OC)cccc3OC)C(=O)C(=O)N2CCOC)cc1. The number of likely N-dealkylation sites (tertiary alicyclic amines) is 1. The van der Waals surface area contributed by atoms with Crippen molar-refractivity contribution in [2.75, 3.05) is 41.1 Å². The number of aliphatic hydroxyl groups is 1. The molecule has 0 aromatic heterocycles. The van der Waals surface area contributed by atoms with E-state index in [0.29, 0.717) is 29.4 Å². The highest BCUT2D eigenvalue weighted by atomic mass is 16.5. The third-order valence-corrected chi connectivity index (χ3v) is 5.41. The Balaban J connectivity index is 2.17. The highest BCUT2D eigenvalue weighted by Crippen LogP contribution is 2.43. The molecule has 33 heavy (non-hydrogen) atoms. The van der Waals surface area contributed by atoms with Crippen LogP contribution in [0.4, 0.5) is 0 Å². The Morgan fingerprint density at radius 1 is 0.970 bits per heavy atom. The largest absolute Gasteiger partial charge is 0.506 e. The van der Waals surface area contributed by atoms with Crippen LogP contribution in [0.15, 0.2) is 48.0 Å². The highest BCUT2D eigenvalue weighted by molar-refractivity contribution is 6.46. The fraction of sp³-hybridized carbons (Fsp3) is 0.360. The summed E-state index contributed by atoms with van der Waals surface area (Å²) in [5.74, 6) is -0.541. The lowest BCUT2D eigenvalue weighted by atomic mass is 9.94. The number of Topliss-reactive ketones (excluding diaryl/α,β-unsaturated/α-hetero) is 1. The molecule has 176 valence electrons. The molecule has 0 bridgehead atoms. The number of aliphatic hydroxyl groups excluding tert-OH is 1. The van der Waals surface area contributed by atoms with Gasteiger partial charge < -0.3 is 29.0 Å². The van der Waals surface area contributed by atoms with Gasteiger partial charge in [-0.15, -0.1) is 0 Å². The zero-order valence-corrected chi connectivity index (χ0v) is 19.3. The summed E-state index contributed by atoms with van der Waals surface area (Å²) in [6.45, 7) is 3.02. The van der Waals surface area contributed by atoms with Gasteiger partial charge in [0.15, 0.2) is 0 Å². The molecular formula is C25H29NO7. The number of ketones is 1. The highest BCUT2D eigenvalue weighted by Gasteiger charge is 2.46. The smallest absolute Gasteiger partial charge is 0.295 e. The van der Waals surface area contributed by atoms with E-state index in [4.69, 9.17) is 18.9 Å². The Labute approximate surface area is 193 Å². The first-order valence-corrected chi connectivity index (χ1v) is 10.7. The van der Waals surface area contributed by atoms with Crippen LogP contribution in [-0.4, -0.2) is 62.8 Å². The number of amides is 1. The first-order valence-electron chi connectivity index (χ1n) is 10.7. The first-order chi connectivity index (χ1) is 16.0. The Morgan fingerprint density at radius 3 is 2.15 bits per heavy atom. The molecule has 1 amide bonds. The molecule has 8 heteroatoms. The number of hydrogen-bond acceptors (Lipinski definition) is 7. The Bertz CT molecular complexity index is 1010. The molecule has 1 N–H and O–H groups in total. The first kappa shape index (κ1) is 24.1. The fourth-order valence-corrected chi connectivity index (χ4v) is 3.83. The molecule has 1 unspecified atom stereocenters. The molecule has 0 aliphatic carbocycles. The van der Waals surface area contributed by atoms with Gasteiger partial charge in [-0.05, 0) is 36.2 Å². The zero-order chi connectivity index (χ0) is 24.0. The molecule has 0 saturated carbocycles. The molecular weight excluding hydrogens is 426 g/mol. The van der Waals surface area contributed by atoms with Gasteiger partial charge in [0.25, 0.3) is 11.7 Å². The second-order valence-electron chi connectivity index (χ2n) is 7.44. The second kappa shape index (κ2) is 10.9. The molecule has 1 fully saturated rings. The van der Waals surface area contributed by atoms with Crippen LogP contribution < -0.4 is 14.2 Å². The van der Waals surface area contributed by atoms with Crippen molar-refractivity contribution in [3.63, 3.8) is 0 Å². The molecule has 1 aliphatic rings. The van der Waals surface area contributed by atoms with Crippen molar-refractivity contribution in [2.45, 2.75) is 19.4 Å². The van der Waals surface area contributed by atoms with Crippen LogP contribution in [0.1, 0.15) is 30.5 Å². The van der Waals surface area contributed by atoms with Gasteiger partial charge in [-0.3, -0.25) is 9.59 Å². The lowest BCUT2D eigenvalue weighted by Gasteiger charge is -2.25. The lowest BCUT2D eigenvalue weighted by molar-refractivity contribution is -0.140. The van der Waals surface area contributed by atoms with Gasteiger partial charge in [0.2, 0.25) is 0 Å². The van der Waals surface area contributed by atoms with Gasteiger partial charge in [-0.1, -0.05) is 25.1 Å². The van der Waals surface area contributed by atoms with Gasteiger partial charge in [0, 0.05) is 13.7 Å². The van der Waals surface area contributed by atoms with E-state index in [9.17, 15) is 14.7 Å². The van der Waals surface area contributed by atoms with Gasteiger partial charge in [-0.25, -0.2) is 0 Å². The molecule has 2 aromatic rings. The van der Waals surface area contributed by atoms with Crippen LogP contribution in [0.2, 0.25) is 0 Å². The number of methoxy groups -OCH3 is 3. The molecule has 3 rings (SSSR count). The van der Waals surface area contributed by atoms with Crippen molar-refractivity contribution >= 4 is 17.4 Å². The number of rotatable bonds is 10. The summed E-state index contributed by atoms with van der Waals surface area (Å²) in [6.07, 6.45) is 0.875. The topological polar surface area (TPSA) is 94.5 Å². The minimum atomic E-state index is -0.810. The monoisotopic (exact) mass is 455 g/mol. The van der Waals surface area contributed by atoms with Crippen molar-refractivity contribution in [3.05, 3.63) is 59.2 Å². The van der Waals surface area contributed by atoms with E-state index in [2.05, 4.69) is 0 Å². The van der Waals surface area contributed by atoms with E-state index in [1.54, 1.807) is 42.5 Å². The summed E-state index contributed by atoms with van der Waals surface area (Å²) in [6, 6.07) is 11.3. The minimum Gasteiger partial charge on any atom is -0.506 e. The summed E-state index contributed by atoms with van der Waals surface area (Å²) in [5.41, 5.74) is 0.825. The van der Waals surface area contributed by atoms with Crippen LogP contribution in [0, 0.1) is 0 Å². The third-order valence-electron chi connectivity index (χ3n) is 5.41. The average molecular weight is 456 g/mol. The van der Waals surface area contributed by atoms with E-state index in [0.717, 1.165) is 6.42 Å². The van der Waals surface area contributed by atoms with Crippen molar-refractivity contribution in [2.24, 2.45) is 0 Å². The van der Waals surface area contributed by atoms with E-state index in [-0.39, 0.29) is 30.0 Å². The quantitative estimate of drug-likeness (QED) is 0.333. The molecule has 1 aliphatic heterocycles. The van der Waals surface area contributed by atoms with Crippen molar-refractivity contribution < 1.29 is 33.6 Å². The molecule has 0 spiro atoms. The molecule has 0 radical (unpaired) electrons. The number of ether oxygens (including phenoxy) is 4. The van der Waals surface area contributed by atoms with Gasteiger partial charge in [-0.2, -0.15) is 0 Å².